The van der Waals surface area contributed by atoms with Crippen LogP contribution in [0, 0.1) is 12.8 Å². The smallest absolute Gasteiger partial charge is 0 e. The number of hydrogen-bond donors (Lipinski definition) is 0. The third kappa shape index (κ3) is 62.1. The average Bonchev–Trinajstić information content (AvgIpc) is 1.66. The van der Waals surface area contributed by atoms with E-state index < -0.39 is 0 Å². The predicted molar refractivity (Wildman–Crippen MR) is 45.1 cm³/mol. The molecule has 0 saturated heterocycles. The Morgan fingerprint density at radius 1 is 1.20 bits per heavy atom. The first-order valence-electron chi connectivity index (χ1n) is 3.71. The molecule has 1 radical (unpaired) electrons. The van der Waals surface area contributed by atoms with Crippen molar-refractivity contribution in [3.63, 3.8) is 0 Å². The van der Waals surface area contributed by atoms with Gasteiger partial charge in [-0.3, -0.25) is 0 Å². The van der Waals surface area contributed by atoms with E-state index in [0.717, 1.165) is 6.42 Å². The van der Waals surface area contributed by atoms with Gasteiger partial charge in [0.25, 0.3) is 0 Å². The molecule has 0 bridgehead atoms. The third-order valence-electron chi connectivity index (χ3n) is 0.604. The van der Waals surface area contributed by atoms with Crippen LogP contribution in [0.5, 0.6) is 0 Å². The van der Waals surface area contributed by atoms with Gasteiger partial charge in [-0.05, 0) is 0 Å². The van der Waals surface area contributed by atoms with Crippen LogP contribution in [0.1, 0.15) is 47.0 Å². The van der Waals surface area contributed by atoms with Crippen molar-refractivity contribution in [1.29, 1.82) is 0 Å². The van der Waals surface area contributed by atoms with Crippen molar-refractivity contribution in [1.82, 2.24) is 0 Å². The van der Waals surface area contributed by atoms with Crippen molar-refractivity contribution in [2.45, 2.75) is 47.0 Å². The van der Waals surface area contributed by atoms with Crippen LogP contribution in [0.4, 0.5) is 0 Å². The molecule has 0 N–H and O–H groups in total. The van der Waals surface area contributed by atoms with Gasteiger partial charge in [0.05, 0.1) is 0 Å². The average molecular weight is 217 g/mol. The first kappa shape index (κ1) is 17.3. The summed E-state index contributed by atoms with van der Waals surface area (Å²) in [6.07, 6.45) is 3.65. The minimum absolute atomic E-state index is 0. The molecular weight excluding hydrogens is 197 g/mol. The zero-order chi connectivity index (χ0) is 7.70. The molecule has 0 saturated carbocycles. The first-order chi connectivity index (χ1) is 4.15. The molecule has 0 fully saturated rings. The molecule has 1 heteroatoms. The third-order valence-corrected chi connectivity index (χ3v) is 0.604. The molecule has 0 aromatic rings. The molecule has 0 aromatic carbocycles. The van der Waals surface area contributed by atoms with Gasteiger partial charge < -0.3 is 12.8 Å². The van der Waals surface area contributed by atoms with Crippen LogP contribution < -0.4 is 0 Å². The molecule has 0 aromatic heterocycles. The monoisotopic (exact) mass is 217 g/mol. The van der Waals surface area contributed by atoms with Crippen molar-refractivity contribution in [2.24, 2.45) is 0 Å². The van der Waals surface area contributed by atoms with Crippen LogP contribution in [0.3, 0.4) is 0 Å². The van der Waals surface area contributed by atoms with Gasteiger partial charge >= 0.3 is 0 Å². The van der Waals surface area contributed by atoms with Crippen LogP contribution in [0.2, 0.25) is 0 Å². The van der Waals surface area contributed by atoms with Crippen LogP contribution in [0.25, 0.3) is 0 Å². The van der Waals surface area contributed by atoms with Gasteiger partial charge in [0, 0.05) is 32.7 Å². The summed E-state index contributed by atoms with van der Waals surface area (Å²) in [6.45, 7) is 12.1. The van der Waals surface area contributed by atoms with E-state index >= 15 is 0 Å². The van der Waals surface area contributed by atoms with E-state index in [2.05, 4.69) is 34.6 Å². The number of unbranched alkanes of at least 4 members (excludes halogenated alkanes) is 2. The Balaban J connectivity index is -0.0000000910. The topological polar surface area (TPSA) is 0 Å². The van der Waals surface area contributed by atoms with Crippen LogP contribution in [0.15, 0.2) is 0 Å². The quantitative estimate of drug-likeness (QED) is 0.619. The van der Waals surface area contributed by atoms with Gasteiger partial charge in [0.1, 0.15) is 0 Å². The van der Waals surface area contributed by atoms with Gasteiger partial charge in [-0.25, -0.2) is 0 Å². The van der Waals surface area contributed by atoms with E-state index in [1.807, 2.05) is 0 Å². The largest absolute Gasteiger partial charge is 0.343 e. The van der Waals surface area contributed by atoms with E-state index in [9.17, 15) is 0 Å². The summed E-state index contributed by atoms with van der Waals surface area (Å²) in [5, 5.41) is 0. The molecule has 10 heavy (non-hydrogen) atoms. The molecule has 0 nitrogen and oxygen atoms in total. The summed E-state index contributed by atoms with van der Waals surface area (Å²) in [4.78, 5) is 0. The van der Waals surface area contributed by atoms with Crippen molar-refractivity contribution >= 4 is 0 Å². The SMILES string of the molecule is C[C-](C)C.[CH2-]CCCC.[Y]. The standard InChI is InChI=1S/C5H11.C4H9.Y/c1-3-5-4-2;1-4(2)3;/h1,3-5H2,2H3;1-3H3;/q2*-1;. The molecule has 0 heterocycles. The van der Waals surface area contributed by atoms with Gasteiger partial charge in [0.15, 0.2) is 0 Å². The van der Waals surface area contributed by atoms with E-state index in [1.165, 1.54) is 18.8 Å². The van der Waals surface area contributed by atoms with E-state index in [0.29, 0.717) is 0 Å². The summed E-state index contributed by atoms with van der Waals surface area (Å²) >= 11 is 0. The number of hydrogen-bond acceptors (Lipinski definition) is 0. The summed E-state index contributed by atoms with van der Waals surface area (Å²) in [5.74, 6) is 1.42. The van der Waals surface area contributed by atoms with Gasteiger partial charge in [-0.2, -0.15) is 27.2 Å². The molecule has 0 atom stereocenters. The van der Waals surface area contributed by atoms with Crippen molar-refractivity contribution < 1.29 is 32.7 Å². The maximum atomic E-state index is 3.68. The summed E-state index contributed by atoms with van der Waals surface area (Å²) in [6, 6.07) is 0. The van der Waals surface area contributed by atoms with Gasteiger partial charge in [-0.1, -0.05) is 19.8 Å². The summed E-state index contributed by atoms with van der Waals surface area (Å²) < 4.78 is 0. The zero-order valence-corrected chi connectivity index (χ0v) is 10.7. The van der Waals surface area contributed by atoms with E-state index in [1.54, 1.807) is 0 Å². The Morgan fingerprint density at radius 3 is 1.50 bits per heavy atom. The van der Waals surface area contributed by atoms with Gasteiger partial charge in [-0.15, -0.1) is 0 Å². The Morgan fingerprint density at radius 2 is 1.50 bits per heavy atom. The van der Waals surface area contributed by atoms with Crippen LogP contribution in [-0.4, -0.2) is 0 Å². The van der Waals surface area contributed by atoms with Crippen molar-refractivity contribution in [3.8, 4) is 0 Å². The predicted octanol–water partition coefficient (Wildman–Crippen LogP) is 3.63. The Bertz CT molecular complexity index is 29.0. The van der Waals surface area contributed by atoms with Crippen molar-refractivity contribution in [3.05, 3.63) is 12.8 Å². The second-order valence-corrected chi connectivity index (χ2v) is 2.71. The summed E-state index contributed by atoms with van der Waals surface area (Å²) in [7, 11) is 0. The van der Waals surface area contributed by atoms with Gasteiger partial charge in [0.2, 0.25) is 0 Å². The molecule has 0 rings (SSSR count). The zero-order valence-electron chi connectivity index (χ0n) is 7.91. The second-order valence-electron chi connectivity index (χ2n) is 2.71. The normalized spacial score (nSPS) is 7.80. The second kappa shape index (κ2) is 16.6. The Labute approximate surface area is 92.0 Å². The van der Waals surface area contributed by atoms with E-state index in [-0.39, 0.29) is 32.7 Å². The number of rotatable bonds is 2. The molecule has 0 aliphatic rings. The summed E-state index contributed by atoms with van der Waals surface area (Å²) in [5.41, 5.74) is 0. The maximum Gasteiger partial charge on any atom is 0 e. The molecule has 0 unspecified atom stereocenters. The molecule has 0 aliphatic heterocycles. The fraction of sp³-hybridized carbons (Fsp3) is 0.778. The Hall–Kier alpha value is 1.10. The molecule has 0 aliphatic carbocycles. The first-order valence-corrected chi connectivity index (χ1v) is 3.71. The molecular formula is C9H20Y-2. The molecule has 0 amide bonds. The minimum Gasteiger partial charge on any atom is -0.343 e. The molecule has 61 valence electrons. The fourth-order valence-corrected chi connectivity index (χ4v) is 0.250. The van der Waals surface area contributed by atoms with Crippen molar-refractivity contribution in [2.75, 3.05) is 0 Å². The minimum atomic E-state index is 0. The fourth-order valence-electron chi connectivity index (χ4n) is 0.250. The Kier molecular flexibility index (Phi) is 28.6. The van der Waals surface area contributed by atoms with Crippen LogP contribution in [-0.2, 0) is 32.7 Å². The maximum absolute atomic E-state index is 3.68. The molecule has 0 spiro atoms. The van der Waals surface area contributed by atoms with Crippen LogP contribution >= 0.6 is 0 Å². The van der Waals surface area contributed by atoms with E-state index in [4.69, 9.17) is 0 Å².